The molecule has 10 aromatic carbocycles. The van der Waals surface area contributed by atoms with Gasteiger partial charge in [0.05, 0.1) is 0 Å². The Kier molecular flexibility index (Phi) is 7.85. The van der Waals surface area contributed by atoms with Crippen LogP contribution in [0, 0.1) is 0 Å². The zero-order valence-electron chi connectivity index (χ0n) is 32.6. The first-order valence-electron chi connectivity index (χ1n) is 20.4. The van der Waals surface area contributed by atoms with E-state index in [1.165, 1.54) is 65.3 Å². The molecule has 2 aromatic heterocycles. The second-order valence-electron chi connectivity index (χ2n) is 15.7. The molecule has 60 heavy (non-hydrogen) atoms. The number of aromatic nitrogens is 1. The van der Waals surface area contributed by atoms with E-state index in [0.717, 1.165) is 50.3 Å². The number of hydrogen-bond acceptors (Lipinski definition) is 3. The van der Waals surface area contributed by atoms with Crippen LogP contribution in [-0.4, -0.2) is 4.98 Å². The number of rotatable bonds is 6. The quantitative estimate of drug-likeness (QED) is 0.158. The molecule has 0 bridgehead atoms. The Morgan fingerprint density at radius 3 is 1.20 bits per heavy atom. The Morgan fingerprint density at radius 1 is 0.300 bits per heavy atom. The van der Waals surface area contributed by atoms with Crippen LogP contribution in [0.2, 0.25) is 0 Å². The number of anilines is 3. The predicted octanol–water partition coefficient (Wildman–Crippen LogP) is 16.1. The summed E-state index contributed by atoms with van der Waals surface area (Å²) in [4.78, 5) is 7.15. The van der Waals surface area contributed by atoms with E-state index >= 15 is 0 Å². The molecular formula is C57H36N2O. The van der Waals surface area contributed by atoms with Crippen molar-refractivity contribution in [3.8, 4) is 33.4 Å². The van der Waals surface area contributed by atoms with Gasteiger partial charge in [-0.1, -0.05) is 121 Å². The van der Waals surface area contributed by atoms with Crippen LogP contribution < -0.4 is 4.90 Å². The Labute approximate surface area is 347 Å². The van der Waals surface area contributed by atoms with Gasteiger partial charge < -0.3 is 9.32 Å². The van der Waals surface area contributed by atoms with E-state index in [1.807, 2.05) is 24.4 Å². The van der Waals surface area contributed by atoms with Crippen molar-refractivity contribution in [1.29, 1.82) is 0 Å². The maximum absolute atomic E-state index is 6.18. The molecule has 0 atom stereocenters. The van der Waals surface area contributed by atoms with E-state index in [9.17, 15) is 0 Å². The van der Waals surface area contributed by atoms with Crippen LogP contribution in [0.15, 0.2) is 223 Å². The lowest BCUT2D eigenvalue weighted by molar-refractivity contribution is 0.668. The number of para-hydroxylation sites is 1. The zero-order valence-corrected chi connectivity index (χ0v) is 32.6. The maximum atomic E-state index is 6.18. The summed E-state index contributed by atoms with van der Waals surface area (Å²) in [7, 11) is 0. The molecule has 0 saturated carbocycles. The molecule has 0 aliphatic heterocycles. The number of benzene rings is 10. The van der Waals surface area contributed by atoms with E-state index in [2.05, 4.69) is 199 Å². The van der Waals surface area contributed by atoms with Crippen molar-refractivity contribution in [2.45, 2.75) is 0 Å². The molecule has 0 saturated heterocycles. The van der Waals surface area contributed by atoms with E-state index in [-0.39, 0.29) is 0 Å². The van der Waals surface area contributed by atoms with Crippen LogP contribution in [-0.2, 0) is 0 Å². The predicted molar refractivity (Wildman–Crippen MR) is 253 cm³/mol. The van der Waals surface area contributed by atoms with Gasteiger partial charge in [-0.25, -0.2) is 0 Å². The molecule has 0 N–H and O–H groups in total. The number of fused-ring (bicyclic) bond motifs is 7. The second-order valence-corrected chi connectivity index (χ2v) is 15.7. The van der Waals surface area contributed by atoms with Gasteiger partial charge in [0, 0.05) is 34.2 Å². The van der Waals surface area contributed by atoms with Gasteiger partial charge in [-0.3, -0.25) is 4.98 Å². The lowest BCUT2D eigenvalue weighted by Gasteiger charge is -2.26. The van der Waals surface area contributed by atoms with Crippen LogP contribution in [0.25, 0.3) is 98.5 Å². The standard InChI is InChI=1S/C57H36N2O/c1-3-9-42-31-48-33-44(13-15-46(48)29-40(42)7-1)37-17-23-51(24-18-37)59(53-27-21-39(22-28-53)50-35-56-57(58-36-50)54-11-5-6-12-55(54)60-56)52-25-19-38(20-26-52)45-14-16-47-30-41-8-2-4-10-43(41)32-49(47)34-45/h1-36H. The summed E-state index contributed by atoms with van der Waals surface area (Å²) < 4.78 is 6.18. The molecule has 0 amide bonds. The minimum Gasteiger partial charge on any atom is -0.454 e. The first-order chi connectivity index (χ1) is 29.7. The van der Waals surface area contributed by atoms with E-state index < -0.39 is 0 Å². The monoisotopic (exact) mass is 764 g/mol. The average Bonchev–Trinajstić information content (AvgIpc) is 3.69. The van der Waals surface area contributed by atoms with Gasteiger partial charge in [-0.15, -0.1) is 0 Å². The summed E-state index contributed by atoms with van der Waals surface area (Å²) in [5.41, 5.74) is 12.6. The minimum atomic E-state index is 0.791. The molecule has 280 valence electrons. The van der Waals surface area contributed by atoms with Crippen molar-refractivity contribution < 1.29 is 4.42 Å². The molecule has 12 rings (SSSR count). The van der Waals surface area contributed by atoms with Gasteiger partial charge in [-0.2, -0.15) is 0 Å². The largest absolute Gasteiger partial charge is 0.454 e. The number of nitrogens with zero attached hydrogens (tertiary/aromatic N) is 2. The summed E-state index contributed by atoms with van der Waals surface area (Å²) in [6.07, 6.45) is 1.94. The minimum absolute atomic E-state index is 0.791. The van der Waals surface area contributed by atoms with Crippen molar-refractivity contribution in [2.24, 2.45) is 0 Å². The number of furan rings is 1. The van der Waals surface area contributed by atoms with Gasteiger partial charge in [0.25, 0.3) is 0 Å². The first kappa shape index (κ1) is 34.1. The Hall–Kier alpha value is -8.01. The molecule has 3 heteroatoms. The van der Waals surface area contributed by atoms with E-state index in [1.54, 1.807) is 0 Å². The van der Waals surface area contributed by atoms with Gasteiger partial charge in [0.2, 0.25) is 0 Å². The summed E-state index contributed by atoms with van der Waals surface area (Å²) in [5.74, 6) is 0. The van der Waals surface area contributed by atoms with Gasteiger partial charge in [-0.05, 0) is 162 Å². The fraction of sp³-hybridized carbons (Fsp3) is 0. The Morgan fingerprint density at radius 2 is 0.700 bits per heavy atom. The van der Waals surface area contributed by atoms with Gasteiger partial charge >= 0.3 is 0 Å². The summed E-state index contributed by atoms with van der Waals surface area (Å²) >= 11 is 0. The van der Waals surface area contributed by atoms with Crippen molar-refractivity contribution in [3.05, 3.63) is 219 Å². The first-order valence-corrected chi connectivity index (χ1v) is 20.4. The number of pyridine rings is 1. The van der Waals surface area contributed by atoms with Gasteiger partial charge in [0.1, 0.15) is 11.1 Å². The summed E-state index contributed by atoms with van der Waals surface area (Å²) in [6.45, 7) is 0. The smallest absolute Gasteiger partial charge is 0.154 e. The molecule has 0 unspecified atom stereocenters. The van der Waals surface area contributed by atoms with Gasteiger partial charge in [0.15, 0.2) is 5.58 Å². The highest BCUT2D eigenvalue weighted by atomic mass is 16.3. The molecule has 0 spiro atoms. The van der Waals surface area contributed by atoms with Crippen LogP contribution in [0.5, 0.6) is 0 Å². The molecule has 12 aromatic rings. The van der Waals surface area contributed by atoms with E-state index in [4.69, 9.17) is 9.40 Å². The lowest BCUT2D eigenvalue weighted by atomic mass is 9.98. The highest BCUT2D eigenvalue weighted by Crippen LogP contribution is 2.39. The number of hydrogen-bond donors (Lipinski definition) is 0. The third kappa shape index (κ3) is 5.95. The van der Waals surface area contributed by atoms with Crippen molar-refractivity contribution in [3.63, 3.8) is 0 Å². The fourth-order valence-corrected chi connectivity index (χ4v) is 8.85. The van der Waals surface area contributed by atoms with Crippen LogP contribution in [0.1, 0.15) is 0 Å². The zero-order chi connectivity index (χ0) is 39.6. The van der Waals surface area contributed by atoms with Crippen molar-refractivity contribution in [2.75, 3.05) is 4.90 Å². The normalized spacial score (nSPS) is 11.7. The summed E-state index contributed by atoms with van der Waals surface area (Å²) in [5, 5.41) is 11.0. The molecule has 0 radical (unpaired) electrons. The molecule has 2 heterocycles. The highest BCUT2D eigenvalue weighted by Gasteiger charge is 2.16. The second kappa shape index (κ2) is 13.8. The average molecular weight is 765 g/mol. The summed E-state index contributed by atoms with van der Waals surface area (Å²) in [6, 6.07) is 76.6. The molecule has 0 aliphatic carbocycles. The Bertz CT molecular complexity index is 3420. The third-order valence-corrected chi connectivity index (χ3v) is 12.0. The third-order valence-electron chi connectivity index (χ3n) is 12.0. The maximum Gasteiger partial charge on any atom is 0.154 e. The highest BCUT2D eigenvalue weighted by molar-refractivity contribution is 6.04. The van der Waals surface area contributed by atoms with Crippen LogP contribution in [0.4, 0.5) is 17.1 Å². The molecule has 3 nitrogen and oxygen atoms in total. The van der Waals surface area contributed by atoms with E-state index in [0.29, 0.717) is 0 Å². The lowest BCUT2D eigenvalue weighted by Crippen LogP contribution is -2.09. The van der Waals surface area contributed by atoms with Crippen LogP contribution in [0.3, 0.4) is 0 Å². The topological polar surface area (TPSA) is 29.3 Å². The molecule has 0 aliphatic rings. The van der Waals surface area contributed by atoms with Crippen molar-refractivity contribution in [1.82, 2.24) is 4.98 Å². The SMILES string of the molecule is c1ccc2cc3cc(-c4ccc(N(c5ccc(-c6ccc7cc8ccccc8cc7c6)cc5)c5ccc(-c6cnc7c(c6)oc6ccccc67)cc5)cc4)ccc3cc2c1. The molecule has 0 fully saturated rings. The fourth-order valence-electron chi connectivity index (χ4n) is 8.85. The van der Waals surface area contributed by atoms with Crippen LogP contribution >= 0.6 is 0 Å². The van der Waals surface area contributed by atoms with Crippen molar-refractivity contribution >= 4 is 82.2 Å². The Balaban J connectivity index is 0.908. The molecular weight excluding hydrogens is 729 g/mol.